The van der Waals surface area contributed by atoms with Gasteiger partial charge in [-0.25, -0.2) is 4.79 Å². The van der Waals surface area contributed by atoms with Gasteiger partial charge in [0.25, 0.3) is 0 Å². The van der Waals surface area contributed by atoms with Gasteiger partial charge < -0.3 is 19.9 Å². The largest absolute Gasteiger partial charge is 0.376 e. The molecule has 0 bridgehead atoms. The van der Waals surface area contributed by atoms with E-state index < -0.39 is 0 Å². The van der Waals surface area contributed by atoms with Gasteiger partial charge in [0, 0.05) is 45.9 Å². The summed E-state index contributed by atoms with van der Waals surface area (Å²) in [5.41, 5.74) is 0. The number of hydrogen-bond acceptors (Lipinski definition) is 3. The molecular formula is C19H35N3O2. The molecule has 0 aliphatic carbocycles. The van der Waals surface area contributed by atoms with Crippen LogP contribution in [0.4, 0.5) is 4.79 Å². The predicted molar refractivity (Wildman–Crippen MR) is 96.1 cm³/mol. The van der Waals surface area contributed by atoms with Crippen molar-refractivity contribution >= 4 is 6.03 Å². The van der Waals surface area contributed by atoms with Crippen molar-refractivity contribution in [3.63, 3.8) is 0 Å². The van der Waals surface area contributed by atoms with Crippen LogP contribution >= 0.6 is 0 Å². The quantitative estimate of drug-likeness (QED) is 0.857. The maximum Gasteiger partial charge on any atom is 0.317 e. The minimum absolute atomic E-state index is 0.101. The van der Waals surface area contributed by atoms with Gasteiger partial charge in [-0.1, -0.05) is 13.8 Å². The zero-order valence-corrected chi connectivity index (χ0v) is 15.5. The fourth-order valence-electron chi connectivity index (χ4n) is 4.74. The van der Waals surface area contributed by atoms with Gasteiger partial charge in [-0.15, -0.1) is 0 Å². The topological polar surface area (TPSA) is 44.8 Å². The minimum atomic E-state index is 0.101. The molecule has 24 heavy (non-hydrogen) atoms. The standard InChI is InChI=1S/C19H35N3O2/c1-15-10-16(2)13-21(12-15)14-17-5-7-22(8-6-17)19(23)20-11-18-4-3-9-24-18/h15-18H,3-14H2,1-2H3,(H,20,23). The van der Waals surface area contributed by atoms with Gasteiger partial charge in [-0.05, 0) is 49.9 Å². The summed E-state index contributed by atoms with van der Waals surface area (Å²) < 4.78 is 5.57. The zero-order chi connectivity index (χ0) is 16.9. The summed E-state index contributed by atoms with van der Waals surface area (Å²) in [6, 6.07) is 0.101. The highest BCUT2D eigenvalue weighted by molar-refractivity contribution is 5.74. The Kier molecular flexibility index (Phi) is 6.39. The van der Waals surface area contributed by atoms with Crippen LogP contribution in [0.25, 0.3) is 0 Å². The zero-order valence-electron chi connectivity index (χ0n) is 15.5. The normalized spacial score (nSPS) is 32.9. The summed E-state index contributed by atoms with van der Waals surface area (Å²) in [5, 5.41) is 3.05. The molecule has 5 heteroatoms. The molecule has 0 saturated carbocycles. The first kappa shape index (κ1) is 18.0. The molecule has 3 fully saturated rings. The van der Waals surface area contributed by atoms with E-state index in [1.807, 2.05) is 4.90 Å². The first-order valence-electron chi connectivity index (χ1n) is 9.97. The molecule has 5 nitrogen and oxygen atoms in total. The van der Waals surface area contributed by atoms with Crippen LogP contribution in [-0.4, -0.2) is 67.8 Å². The average molecular weight is 338 g/mol. The van der Waals surface area contributed by atoms with Gasteiger partial charge in [0.05, 0.1) is 6.10 Å². The lowest BCUT2D eigenvalue weighted by molar-refractivity contribution is 0.0950. The summed E-state index contributed by atoms with van der Waals surface area (Å²) in [6.07, 6.45) is 6.10. The first-order chi connectivity index (χ1) is 11.6. The maximum absolute atomic E-state index is 12.3. The molecule has 3 aliphatic rings. The Labute approximate surface area is 147 Å². The molecule has 3 saturated heterocycles. The average Bonchev–Trinajstić information content (AvgIpc) is 3.06. The third-order valence-corrected chi connectivity index (χ3v) is 5.87. The van der Waals surface area contributed by atoms with Crippen LogP contribution in [0.2, 0.25) is 0 Å². The fourth-order valence-corrected chi connectivity index (χ4v) is 4.74. The van der Waals surface area contributed by atoms with E-state index in [9.17, 15) is 4.79 Å². The second-order valence-corrected chi connectivity index (χ2v) is 8.42. The van der Waals surface area contributed by atoms with E-state index in [0.717, 1.165) is 63.1 Å². The monoisotopic (exact) mass is 337 g/mol. The Morgan fingerprint density at radius 1 is 1.12 bits per heavy atom. The number of rotatable bonds is 4. The predicted octanol–water partition coefficient (Wildman–Crippen LogP) is 2.56. The van der Waals surface area contributed by atoms with E-state index in [1.165, 1.54) is 26.1 Å². The van der Waals surface area contributed by atoms with E-state index in [-0.39, 0.29) is 12.1 Å². The Morgan fingerprint density at radius 3 is 2.46 bits per heavy atom. The summed E-state index contributed by atoms with van der Waals surface area (Å²) in [5.74, 6) is 2.42. The molecule has 3 atom stereocenters. The second kappa shape index (κ2) is 8.52. The third-order valence-electron chi connectivity index (χ3n) is 5.87. The van der Waals surface area contributed by atoms with Crippen LogP contribution in [-0.2, 0) is 4.74 Å². The third kappa shape index (κ3) is 5.09. The summed E-state index contributed by atoms with van der Waals surface area (Å²) in [6.45, 7) is 11.8. The molecule has 2 amide bonds. The Bertz CT molecular complexity index is 393. The molecule has 0 aromatic rings. The molecule has 0 radical (unpaired) electrons. The smallest absolute Gasteiger partial charge is 0.317 e. The number of ether oxygens (including phenoxy) is 1. The Morgan fingerprint density at radius 2 is 1.83 bits per heavy atom. The van der Waals surface area contributed by atoms with E-state index in [2.05, 4.69) is 24.1 Å². The van der Waals surface area contributed by atoms with Crippen LogP contribution in [0.5, 0.6) is 0 Å². The molecule has 3 heterocycles. The number of nitrogens with zero attached hydrogens (tertiary/aromatic N) is 2. The van der Waals surface area contributed by atoms with Crippen LogP contribution < -0.4 is 5.32 Å². The van der Waals surface area contributed by atoms with Gasteiger partial charge in [-0.3, -0.25) is 0 Å². The van der Waals surface area contributed by atoms with Crippen LogP contribution in [0.1, 0.15) is 46.0 Å². The van der Waals surface area contributed by atoms with Crippen molar-refractivity contribution in [3.05, 3.63) is 0 Å². The first-order valence-corrected chi connectivity index (χ1v) is 9.97. The van der Waals surface area contributed by atoms with Crippen LogP contribution in [0, 0.1) is 17.8 Å². The Hall–Kier alpha value is -0.810. The van der Waals surface area contributed by atoms with Crippen molar-refractivity contribution in [2.24, 2.45) is 17.8 Å². The fraction of sp³-hybridized carbons (Fsp3) is 0.947. The number of piperidine rings is 2. The molecule has 3 rings (SSSR count). The molecule has 1 N–H and O–H groups in total. The summed E-state index contributed by atoms with van der Waals surface area (Å²) >= 11 is 0. The van der Waals surface area contributed by atoms with Crippen molar-refractivity contribution in [1.82, 2.24) is 15.1 Å². The van der Waals surface area contributed by atoms with Crippen molar-refractivity contribution in [2.45, 2.75) is 52.1 Å². The lowest BCUT2D eigenvalue weighted by atomic mass is 9.89. The van der Waals surface area contributed by atoms with Crippen molar-refractivity contribution in [1.29, 1.82) is 0 Å². The van der Waals surface area contributed by atoms with E-state index >= 15 is 0 Å². The SMILES string of the molecule is CC1CC(C)CN(CC2CCN(C(=O)NCC3CCCO3)CC2)C1. The lowest BCUT2D eigenvalue weighted by Crippen LogP contribution is -2.48. The number of carbonyl (C=O) groups is 1. The van der Waals surface area contributed by atoms with Gasteiger partial charge in [-0.2, -0.15) is 0 Å². The number of hydrogen-bond donors (Lipinski definition) is 1. The molecule has 0 aromatic heterocycles. The van der Waals surface area contributed by atoms with Gasteiger partial charge in [0.15, 0.2) is 0 Å². The number of nitrogens with one attached hydrogen (secondary N) is 1. The molecule has 3 aliphatic heterocycles. The van der Waals surface area contributed by atoms with Crippen molar-refractivity contribution < 1.29 is 9.53 Å². The van der Waals surface area contributed by atoms with E-state index in [1.54, 1.807) is 0 Å². The van der Waals surface area contributed by atoms with Crippen molar-refractivity contribution in [2.75, 3.05) is 45.9 Å². The summed E-state index contributed by atoms with van der Waals surface area (Å²) in [7, 11) is 0. The molecule has 3 unspecified atom stereocenters. The van der Waals surface area contributed by atoms with E-state index in [4.69, 9.17) is 4.74 Å². The maximum atomic E-state index is 12.3. The Balaban J connectivity index is 1.35. The number of carbonyl (C=O) groups excluding carboxylic acids is 1. The highest BCUT2D eigenvalue weighted by Crippen LogP contribution is 2.25. The number of amides is 2. The number of likely N-dealkylation sites (tertiary alicyclic amines) is 2. The molecule has 0 aromatic carbocycles. The van der Waals surface area contributed by atoms with Gasteiger partial charge >= 0.3 is 6.03 Å². The second-order valence-electron chi connectivity index (χ2n) is 8.42. The van der Waals surface area contributed by atoms with E-state index in [0.29, 0.717) is 6.54 Å². The molecular weight excluding hydrogens is 302 g/mol. The highest BCUT2D eigenvalue weighted by atomic mass is 16.5. The van der Waals surface area contributed by atoms with Crippen molar-refractivity contribution in [3.8, 4) is 0 Å². The van der Waals surface area contributed by atoms with Crippen LogP contribution in [0.3, 0.4) is 0 Å². The molecule has 138 valence electrons. The van der Waals surface area contributed by atoms with Gasteiger partial charge in [0.2, 0.25) is 0 Å². The summed E-state index contributed by atoms with van der Waals surface area (Å²) in [4.78, 5) is 16.9. The molecule has 0 spiro atoms. The highest BCUT2D eigenvalue weighted by Gasteiger charge is 2.28. The van der Waals surface area contributed by atoms with Gasteiger partial charge in [0.1, 0.15) is 0 Å². The van der Waals surface area contributed by atoms with Crippen LogP contribution in [0.15, 0.2) is 0 Å². The number of urea groups is 1. The minimum Gasteiger partial charge on any atom is -0.376 e. The lowest BCUT2D eigenvalue weighted by Gasteiger charge is -2.39.